The molecule has 7 nitrogen and oxygen atoms in total. The van der Waals surface area contributed by atoms with Gasteiger partial charge in [0, 0.05) is 29.7 Å². The monoisotopic (exact) mass is 522 g/mol. The average Bonchev–Trinajstić information content (AvgIpc) is 2.86. The second-order valence-electron chi connectivity index (χ2n) is 10.4. The molecule has 1 heterocycles. The van der Waals surface area contributed by atoms with Crippen LogP contribution in [0.25, 0.3) is 10.9 Å². The molecule has 0 fully saturated rings. The number of carbonyl (C=O) groups excluding carboxylic acids is 1. The molecule has 0 aliphatic heterocycles. The molecule has 1 aromatic heterocycles. The Labute approximate surface area is 219 Å². The smallest absolute Gasteiger partial charge is 0.311 e. The number of sulfonamides is 1. The van der Waals surface area contributed by atoms with Crippen molar-refractivity contribution < 1.29 is 22.7 Å². The number of benzene rings is 2. The summed E-state index contributed by atoms with van der Waals surface area (Å²) >= 11 is 0. The number of hydrogen-bond donors (Lipinski definition) is 0. The van der Waals surface area contributed by atoms with Crippen molar-refractivity contribution in [1.29, 1.82) is 0 Å². The second-order valence-corrected chi connectivity index (χ2v) is 12.4. The van der Waals surface area contributed by atoms with Crippen LogP contribution in [0.3, 0.4) is 0 Å². The zero-order chi connectivity index (χ0) is 26.8. The van der Waals surface area contributed by atoms with Gasteiger partial charge in [0.15, 0.2) is 0 Å². The van der Waals surface area contributed by atoms with Gasteiger partial charge in [-0.15, -0.1) is 0 Å². The van der Waals surface area contributed by atoms with E-state index >= 15 is 0 Å². The lowest BCUT2D eigenvalue weighted by Gasteiger charge is -2.35. The molecule has 0 saturated heterocycles. The summed E-state index contributed by atoms with van der Waals surface area (Å²) in [5, 5.41) is 1.02. The molecule has 2 aromatic carbocycles. The normalized spacial score (nSPS) is 18.2. The Morgan fingerprint density at radius 2 is 1.73 bits per heavy atom. The lowest BCUT2D eigenvalue weighted by molar-refractivity contribution is -0.161. The number of aryl methyl sites for hydroxylation is 1. The first-order valence-corrected chi connectivity index (χ1v) is 13.8. The summed E-state index contributed by atoms with van der Waals surface area (Å²) in [6, 6.07) is 15.8. The highest BCUT2D eigenvalue weighted by molar-refractivity contribution is 7.89. The maximum atomic E-state index is 13.5. The van der Waals surface area contributed by atoms with Gasteiger partial charge in [-0.05, 0) is 76.9 Å². The Hall–Kier alpha value is -3.23. The van der Waals surface area contributed by atoms with Gasteiger partial charge in [-0.2, -0.15) is 4.31 Å². The molecule has 1 aliphatic carbocycles. The van der Waals surface area contributed by atoms with Crippen molar-refractivity contribution in [3.8, 4) is 5.75 Å². The predicted molar refractivity (Wildman–Crippen MR) is 144 cm³/mol. The largest absolute Gasteiger partial charge is 0.489 e. The van der Waals surface area contributed by atoms with E-state index < -0.39 is 27.6 Å². The molecule has 37 heavy (non-hydrogen) atoms. The van der Waals surface area contributed by atoms with Crippen molar-refractivity contribution in [2.24, 2.45) is 5.92 Å². The number of nitrogens with zero attached hydrogens (tertiary/aromatic N) is 2. The molecule has 1 aliphatic rings. The number of aromatic nitrogens is 1. The molecule has 8 heteroatoms. The van der Waals surface area contributed by atoms with E-state index in [4.69, 9.17) is 9.47 Å². The Morgan fingerprint density at radius 3 is 2.43 bits per heavy atom. The molecule has 0 amide bonds. The molecular weight excluding hydrogens is 488 g/mol. The standard InChI is InChI=1S/C29H34N2O5S/c1-20-18-21(24-10-6-8-12-26(24)30-20)19-35-22-14-16-23(17-15-22)37(33,34)31(5)27-13-9-7-11-25(27)28(32)36-29(2,3)4/h6-10,12,14-18,25,27H,11,13,19H2,1-5H3/t25-,27+/m0/s1. The number of para-hydroxylation sites is 1. The van der Waals surface area contributed by atoms with Gasteiger partial charge in [-0.3, -0.25) is 9.78 Å². The first-order chi connectivity index (χ1) is 17.5. The molecule has 0 radical (unpaired) electrons. The Kier molecular flexibility index (Phi) is 7.71. The summed E-state index contributed by atoms with van der Waals surface area (Å²) in [6.45, 7) is 7.70. The molecule has 0 spiro atoms. The number of esters is 1. The van der Waals surface area contributed by atoms with Crippen LogP contribution in [-0.4, -0.2) is 42.4 Å². The number of ether oxygens (including phenoxy) is 2. The van der Waals surface area contributed by atoms with Gasteiger partial charge in [0.05, 0.1) is 16.3 Å². The highest BCUT2D eigenvalue weighted by Crippen LogP contribution is 2.31. The van der Waals surface area contributed by atoms with Crippen LogP contribution in [0, 0.1) is 12.8 Å². The highest BCUT2D eigenvalue weighted by Gasteiger charge is 2.39. The Morgan fingerprint density at radius 1 is 1.05 bits per heavy atom. The molecular formula is C29H34N2O5S. The predicted octanol–water partition coefficient (Wildman–Crippen LogP) is 5.42. The van der Waals surface area contributed by atoms with E-state index in [1.807, 2.05) is 49.4 Å². The van der Waals surface area contributed by atoms with Gasteiger partial charge >= 0.3 is 5.97 Å². The molecule has 3 aromatic rings. The van der Waals surface area contributed by atoms with Gasteiger partial charge in [-0.1, -0.05) is 30.4 Å². The Bertz CT molecular complexity index is 1410. The fourth-order valence-electron chi connectivity index (χ4n) is 4.56. The van der Waals surface area contributed by atoms with Crippen molar-refractivity contribution in [3.05, 3.63) is 78.0 Å². The van der Waals surface area contributed by atoms with Gasteiger partial charge in [-0.25, -0.2) is 8.42 Å². The van der Waals surface area contributed by atoms with Crippen molar-refractivity contribution in [2.45, 2.75) is 63.7 Å². The van der Waals surface area contributed by atoms with Gasteiger partial charge in [0.2, 0.25) is 10.0 Å². The Balaban J connectivity index is 1.49. The first kappa shape index (κ1) is 26.8. The summed E-state index contributed by atoms with van der Waals surface area (Å²) in [7, 11) is -2.31. The third kappa shape index (κ3) is 6.19. The fourth-order valence-corrected chi connectivity index (χ4v) is 5.96. The highest BCUT2D eigenvalue weighted by atomic mass is 32.2. The molecule has 4 rings (SSSR count). The van der Waals surface area contributed by atoms with Crippen LogP contribution in [-0.2, 0) is 26.2 Å². The van der Waals surface area contributed by atoms with Crippen molar-refractivity contribution in [2.75, 3.05) is 7.05 Å². The van der Waals surface area contributed by atoms with Gasteiger partial charge in [0.25, 0.3) is 0 Å². The summed E-state index contributed by atoms with van der Waals surface area (Å²) in [5.41, 5.74) is 2.19. The van der Waals surface area contributed by atoms with Crippen LogP contribution in [0.15, 0.2) is 71.6 Å². The summed E-state index contributed by atoms with van der Waals surface area (Å²) in [5.74, 6) is -0.385. The van der Waals surface area contributed by atoms with E-state index in [1.165, 1.54) is 23.5 Å². The minimum Gasteiger partial charge on any atom is -0.489 e. The molecule has 0 N–H and O–H groups in total. The summed E-state index contributed by atoms with van der Waals surface area (Å²) < 4.78 is 39.8. The maximum absolute atomic E-state index is 13.5. The van der Waals surface area contributed by atoms with Crippen LogP contribution >= 0.6 is 0 Å². The zero-order valence-corrected chi connectivity index (χ0v) is 22.8. The topological polar surface area (TPSA) is 85.8 Å². The number of hydrogen-bond acceptors (Lipinski definition) is 6. The third-order valence-electron chi connectivity index (χ3n) is 6.40. The van der Waals surface area contributed by atoms with Crippen molar-refractivity contribution in [1.82, 2.24) is 9.29 Å². The molecule has 0 bridgehead atoms. The van der Waals surface area contributed by atoms with E-state index in [2.05, 4.69) is 4.98 Å². The SMILES string of the molecule is Cc1cc(COc2ccc(S(=O)(=O)N(C)[C@@H]3CC=CC[C@@H]3C(=O)OC(C)(C)C)cc2)c2ccccc2n1. The zero-order valence-electron chi connectivity index (χ0n) is 22.0. The molecule has 196 valence electrons. The molecule has 0 unspecified atom stereocenters. The van der Waals surface area contributed by atoms with E-state index in [0.717, 1.165) is 22.2 Å². The minimum absolute atomic E-state index is 0.144. The van der Waals surface area contributed by atoms with Crippen LogP contribution in [0.1, 0.15) is 44.9 Å². The maximum Gasteiger partial charge on any atom is 0.311 e. The van der Waals surface area contributed by atoms with Gasteiger partial charge < -0.3 is 9.47 Å². The number of fused-ring (bicyclic) bond motifs is 1. The van der Waals surface area contributed by atoms with Crippen LogP contribution in [0.5, 0.6) is 5.75 Å². The quantitative estimate of drug-likeness (QED) is 0.304. The number of rotatable bonds is 7. The van der Waals surface area contributed by atoms with Crippen LogP contribution < -0.4 is 4.74 Å². The average molecular weight is 523 g/mol. The van der Waals surface area contributed by atoms with E-state index in [1.54, 1.807) is 32.9 Å². The fraction of sp³-hybridized carbons (Fsp3) is 0.379. The summed E-state index contributed by atoms with van der Waals surface area (Å²) in [4.78, 5) is 17.5. The van der Waals surface area contributed by atoms with E-state index in [0.29, 0.717) is 25.2 Å². The van der Waals surface area contributed by atoms with Crippen LogP contribution in [0.2, 0.25) is 0 Å². The number of allylic oxidation sites excluding steroid dienone is 1. The second kappa shape index (κ2) is 10.6. The third-order valence-corrected chi connectivity index (χ3v) is 8.30. The lowest BCUT2D eigenvalue weighted by atomic mass is 9.89. The minimum atomic E-state index is -3.84. The van der Waals surface area contributed by atoms with Crippen molar-refractivity contribution in [3.63, 3.8) is 0 Å². The summed E-state index contributed by atoms with van der Waals surface area (Å²) in [6.07, 6.45) is 4.71. The van der Waals surface area contributed by atoms with Gasteiger partial charge in [0.1, 0.15) is 18.0 Å². The number of pyridine rings is 1. The van der Waals surface area contributed by atoms with Crippen LogP contribution in [0.4, 0.5) is 0 Å². The van der Waals surface area contributed by atoms with E-state index in [-0.39, 0.29) is 10.9 Å². The van der Waals surface area contributed by atoms with Crippen molar-refractivity contribution >= 4 is 26.9 Å². The number of carbonyl (C=O) groups is 1. The lowest BCUT2D eigenvalue weighted by Crippen LogP contribution is -2.46. The molecule has 2 atom stereocenters. The molecule has 0 saturated carbocycles. The van der Waals surface area contributed by atoms with E-state index in [9.17, 15) is 13.2 Å². The first-order valence-electron chi connectivity index (χ1n) is 12.4.